The Morgan fingerprint density at radius 3 is 2.77 bits per heavy atom. The van der Waals surface area contributed by atoms with E-state index in [4.69, 9.17) is 4.98 Å². The van der Waals surface area contributed by atoms with E-state index >= 15 is 0 Å². The summed E-state index contributed by atoms with van der Waals surface area (Å²) in [5, 5.41) is 7.76. The molecule has 2 aromatic rings. The maximum Gasteiger partial charge on any atom is 0.129 e. The summed E-state index contributed by atoms with van der Waals surface area (Å²) in [6.07, 6.45) is 4.13. The highest BCUT2D eigenvalue weighted by Gasteiger charge is 2.28. The SMILES string of the molecule is CNN/C(=C\N(C)N1CCC[C@@H]1c1cccc(F)c1)c1cccc(N2CCNCC2)n1. The van der Waals surface area contributed by atoms with E-state index in [9.17, 15) is 4.39 Å². The first kappa shape index (κ1) is 21.5. The van der Waals surface area contributed by atoms with Crippen LogP contribution in [0.4, 0.5) is 10.2 Å². The van der Waals surface area contributed by atoms with E-state index in [1.165, 1.54) is 6.07 Å². The predicted octanol–water partition coefficient (Wildman–Crippen LogP) is 2.34. The van der Waals surface area contributed by atoms with Gasteiger partial charge in [0, 0.05) is 53.0 Å². The van der Waals surface area contributed by atoms with Crippen LogP contribution in [0.15, 0.2) is 48.7 Å². The number of piperazine rings is 1. The van der Waals surface area contributed by atoms with Crippen LogP contribution in [-0.4, -0.2) is 61.8 Å². The van der Waals surface area contributed by atoms with E-state index < -0.39 is 0 Å². The lowest BCUT2D eigenvalue weighted by Gasteiger charge is -2.33. The zero-order valence-corrected chi connectivity index (χ0v) is 18.3. The minimum atomic E-state index is -0.186. The molecule has 2 aliphatic heterocycles. The van der Waals surface area contributed by atoms with Crippen molar-refractivity contribution in [2.45, 2.75) is 18.9 Å². The van der Waals surface area contributed by atoms with Crippen molar-refractivity contribution < 1.29 is 4.39 Å². The topological polar surface area (TPSA) is 58.7 Å². The van der Waals surface area contributed by atoms with Gasteiger partial charge in [0.2, 0.25) is 0 Å². The van der Waals surface area contributed by atoms with Gasteiger partial charge in [-0.15, -0.1) is 0 Å². The first-order valence-corrected chi connectivity index (χ1v) is 11.0. The summed E-state index contributed by atoms with van der Waals surface area (Å²) < 4.78 is 13.8. The molecule has 0 spiro atoms. The smallest absolute Gasteiger partial charge is 0.129 e. The molecule has 3 N–H and O–H groups in total. The molecule has 0 radical (unpaired) electrons. The molecule has 2 fully saturated rings. The van der Waals surface area contributed by atoms with E-state index in [1.807, 2.05) is 26.2 Å². The summed E-state index contributed by atoms with van der Waals surface area (Å²) in [5.74, 6) is 0.804. The van der Waals surface area contributed by atoms with Crippen LogP contribution in [0, 0.1) is 5.82 Å². The van der Waals surface area contributed by atoms with Gasteiger partial charge in [-0.1, -0.05) is 18.2 Å². The summed E-state index contributed by atoms with van der Waals surface area (Å²) in [6, 6.07) is 13.2. The van der Waals surface area contributed by atoms with Crippen molar-refractivity contribution in [1.29, 1.82) is 0 Å². The number of rotatable bonds is 7. The molecule has 1 aromatic carbocycles. The van der Waals surface area contributed by atoms with E-state index in [1.54, 1.807) is 12.1 Å². The van der Waals surface area contributed by atoms with Gasteiger partial charge in [0.25, 0.3) is 0 Å². The highest BCUT2D eigenvalue weighted by atomic mass is 19.1. The molecule has 1 aromatic heterocycles. The second-order valence-electron chi connectivity index (χ2n) is 7.99. The fourth-order valence-electron chi connectivity index (χ4n) is 4.38. The molecule has 0 bridgehead atoms. The predicted molar refractivity (Wildman–Crippen MR) is 122 cm³/mol. The van der Waals surface area contributed by atoms with Crippen LogP contribution in [0.25, 0.3) is 5.70 Å². The zero-order chi connectivity index (χ0) is 21.6. The number of hydrogen-bond acceptors (Lipinski definition) is 7. The summed E-state index contributed by atoms with van der Waals surface area (Å²) in [7, 11) is 3.88. The fourth-order valence-corrected chi connectivity index (χ4v) is 4.38. The number of nitrogens with one attached hydrogen (secondary N) is 3. The maximum atomic E-state index is 13.8. The van der Waals surface area contributed by atoms with E-state index in [0.717, 1.165) is 68.3 Å². The molecular weight excluding hydrogens is 393 g/mol. The minimum absolute atomic E-state index is 0.160. The third-order valence-corrected chi connectivity index (χ3v) is 5.89. The van der Waals surface area contributed by atoms with Crippen LogP contribution < -0.4 is 21.1 Å². The molecule has 0 aliphatic carbocycles. The highest BCUT2D eigenvalue weighted by molar-refractivity contribution is 5.62. The van der Waals surface area contributed by atoms with Crippen LogP contribution in [0.1, 0.15) is 30.1 Å². The number of halogens is 1. The Labute approximate surface area is 183 Å². The average molecular weight is 426 g/mol. The van der Waals surface area contributed by atoms with E-state index in [-0.39, 0.29) is 11.9 Å². The maximum absolute atomic E-state index is 13.8. The van der Waals surface area contributed by atoms with Crippen molar-refractivity contribution in [2.75, 3.05) is 51.7 Å². The number of hydrogen-bond donors (Lipinski definition) is 3. The zero-order valence-electron chi connectivity index (χ0n) is 18.3. The monoisotopic (exact) mass is 425 g/mol. The lowest BCUT2D eigenvalue weighted by atomic mass is 10.1. The van der Waals surface area contributed by atoms with E-state index in [2.05, 4.69) is 49.4 Å². The van der Waals surface area contributed by atoms with Crippen LogP contribution >= 0.6 is 0 Å². The van der Waals surface area contributed by atoms with Gasteiger partial charge >= 0.3 is 0 Å². The van der Waals surface area contributed by atoms with Crippen molar-refractivity contribution in [3.8, 4) is 0 Å². The number of nitrogens with zero attached hydrogens (tertiary/aromatic N) is 4. The Morgan fingerprint density at radius 1 is 1.19 bits per heavy atom. The summed E-state index contributed by atoms with van der Waals surface area (Å²) in [6.45, 7) is 4.79. The molecule has 2 saturated heterocycles. The normalized spacial score (nSPS) is 20.2. The molecular formula is C23H32FN7. The van der Waals surface area contributed by atoms with Crippen molar-refractivity contribution >= 4 is 11.5 Å². The van der Waals surface area contributed by atoms with Gasteiger partial charge in [-0.25, -0.2) is 19.8 Å². The molecule has 1 atom stereocenters. The van der Waals surface area contributed by atoms with Crippen molar-refractivity contribution in [3.63, 3.8) is 0 Å². The molecule has 8 heteroatoms. The Kier molecular flexibility index (Phi) is 7.01. The number of hydrazine groups is 2. The summed E-state index contributed by atoms with van der Waals surface area (Å²) in [4.78, 5) is 7.22. The Bertz CT molecular complexity index is 897. The second kappa shape index (κ2) is 10.1. The molecule has 7 nitrogen and oxygen atoms in total. The van der Waals surface area contributed by atoms with Crippen molar-refractivity contribution in [3.05, 3.63) is 65.7 Å². The summed E-state index contributed by atoms with van der Waals surface area (Å²) in [5.41, 5.74) is 9.04. The van der Waals surface area contributed by atoms with Gasteiger partial charge in [0.1, 0.15) is 11.6 Å². The number of benzene rings is 1. The molecule has 166 valence electrons. The lowest BCUT2D eigenvalue weighted by molar-refractivity contribution is 0.0323. The second-order valence-corrected chi connectivity index (χ2v) is 7.99. The number of pyridine rings is 1. The van der Waals surface area contributed by atoms with Gasteiger partial charge < -0.3 is 20.7 Å². The fraction of sp³-hybridized carbons (Fsp3) is 0.435. The van der Waals surface area contributed by atoms with Crippen LogP contribution in [0.3, 0.4) is 0 Å². The van der Waals surface area contributed by atoms with Gasteiger partial charge in [0.05, 0.1) is 17.4 Å². The highest BCUT2D eigenvalue weighted by Crippen LogP contribution is 2.33. The average Bonchev–Trinajstić information content (AvgIpc) is 3.30. The Hall–Kier alpha value is -2.68. The standard InChI is InChI=1S/C23H32FN7/c1-25-28-21(20-8-4-10-23(27-20)30-14-11-26-12-15-30)17-29(2)31-13-5-9-22(31)18-6-3-7-19(24)16-18/h3-4,6-8,10,16-17,22,25-26,28H,5,9,11-15H2,1-2H3/b21-17-/t22-/m1/s1. The first-order chi connectivity index (χ1) is 15.2. The number of aromatic nitrogens is 1. The first-order valence-electron chi connectivity index (χ1n) is 11.0. The molecule has 3 heterocycles. The van der Waals surface area contributed by atoms with Crippen LogP contribution in [0.5, 0.6) is 0 Å². The van der Waals surface area contributed by atoms with Gasteiger partial charge in [-0.3, -0.25) is 0 Å². The Morgan fingerprint density at radius 2 is 2.00 bits per heavy atom. The molecule has 4 rings (SSSR count). The minimum Gasteiger partial charge on any atom is -0.354 e. The van der Waals surface area contributed by atoms with E-state index in [0.29, 0.717) is 0 Å². The largest absolute Gasteiger partial charge is 0.354 e. The number of anilines is 1. The molecule has 0 unspecified atom stereocenters. The van der Waals surface area contributed by atoms with Gasteiger partial charge in [0.15, 0.2) is 0 Å². The van der Waals surface area contributed by atoms with Crippen molar-refractivity contribution in [2.24, 2.45) is 0 Å². The molecule has 0 amide bonds. The van der Waals surface area contributed by atoms with Gasteiger partial charge in [-0.2, -0.15) is 0 Å². The van der Waals surface area contributed by atoms with Crippen molar-refractivity contribution in [1.82, 2.24) is 31.2 Å². The molecule has 0 saturated carbocycles. The Balaban J connectivity index is 1.56. The quantitative estimate of drug-likeness (QED) is 0.589. The summed E-state index contributed by atoms with van der Waals surface area (Å²) >= 11 is 0. The van der Waals surface area contributed by atoms with Gasteiger partial charge in [-0.05, 0) is 42.7 Å². The van der Waals surface area contributed by atoms with Crippen LogP contribution in [0.2, 0.25) is 0 Å². The molecule has 2 aliphatic rings. The third kappa shape index (κ3) is 5.15. The van der Waals surface area contributed by atoms with Crippen LogP contribution in [-0.2, 0) is 0 Å². The lowest BCUT2D eigenvalue weighted by Crippen LogP contribution is -2.44. The molecule has 31 heavy (non-hydrogen) atoms. The third-order valence-electron chi connectivity index (χ3n) is 5.89.